The number of aromatic nitrogens is 5. The number of hydrogen-bond donors (Lipinski definition) is 3. The van der Waals surface area contributed by atoms with Crippen LogP contribution in [-0.4, -0.2) is 80.3 Å². The summed E-state index contributed by atoms with van der Waals surface area (Å²) in [5, 5.41) is 29.4. The van der Waals surface area contributed by atoms with Crippen LogP contribution in [0.25, 0.3) is 5.82 Å². The van der Waals surface area contributed by atoms with Crippen LogP contribution in [0.15, 0.2) is 26.3 Å². The number of ether oxygens (including phenoxy) is 2. The Balaban J connectivity index is 1.56. The van der Waals surface area contributed by atoms with E-state index in [4.69, 9.17) is 15.2 Å². The van der Waals surface area contributed by atoms with Crippen molar-refractivity contribution in [3.8, 4) is 17.3 Å². The molecule has 1 amide bonds. The largest absolute Gasteiger partial charge is 0.503 e. The quantitative estimate of drug-likeness (QED) is 0.272. The number of carbonyl (C=O) groups excluding carboxylic acids is 1. The molecule has 1 fully saturated rings. The molecule has 0 bridgehead atoms. The maximum Gasteiger partial charge on any atom is 0.293 e. The first-order valence-corrected chi connectivity index (χ1v) is 11.1. The summed E-state index contributed by atoms with van der Waals surface area (Å²) in [6.45, 7) is 5.03. The predicted molar refractivity (Wildman–Crippen MR) is 122 cm³/mol. The summed E-state index contributed by atoms with van der Waals surface area (Å²) in [5.74, 6) is -0.159. The van der Waals surface area contributed by atoms with Crippen molar-refractivity contribution in [2.24, 2.45) is 5.10 Å². The number of rotatable bonds is 8. The van der Waals surface area contributed by atoms with Crippen LogP contribution in [0.4, 0.5) is 5.82 Å². The van der Waals surface area contributed by atoms with Gasteiger partial charge in [-0.25, -0.2) is 10.1 Å². The number of hydrogen-bond acceptors (Lipinski definition) is 12. The Morgan fingerprint density at radius 1 is 1.38 bits per heavy atom. The Morgan fingerprint density at radius 3 is 2.88 bits per heavy atom. The predicted octanol–water partition coefficient (Wildman–Crippen LogP) is 0.695. The number of nitrogens with zero attached hydrogens (tertiary/aromatic N) is 7. The van der Waals surface area contributed by atoms with E-state index in [1.807, 2.05) is 0 Å². The molecule has 34 heavy (non-hydrogen) atoms. The third-order valence-electron chi connectivity index (χ3n) is 4.88. The lowest BCUT2D eigenvalue weighted by molar-refractivity contribution is 0.0332. The normalized spacial score (nSPS) is 14.5. The van der Waals surface area contributed by atoms with Crippen molar-refractivity contribution in [1.29, 1.82) is 0 Å². The second-order valence-corrected chi connectivity index (χ2v) is 7.99. The van der Waals surface area contributed by atoms with Gasteiger partial charge in [-0.05, 0) is 50.9 Å². The Labute approximate surface area is 201 Å². The molecule has 0 spiro atoms. The number of nitrogen functional groups attached to an aromatic ring is 1. The van der Waals surface area contributed by atoms with Crippen molar-refractivity contribution >= 4 is 33.9 Å². The van der Waals surface area contributed by atoms with E-state index in [0.717, 1.165) is 0 Å². The molecule has 15 heteroatoms. The summed E-state index contributed by atoms with van der Waals surface area (Å²) in [6, 6.07) is 3.23. The number of amides is 1. The van der Waals surface area contributed by atoms with Crippen LogP contribution in [0.5, 0.6) is 11.5 Å². The molecule has 14 nitrogen and oxygen atoms in total. The fourth-order valence-electron chi connectivity index (χ4n) is 3.25. The van der Waals surface area contributed by atoms with Crippen molar-refractivity contribution in [1.82, 2.24) is 35.6 Å². The van der Waals surface area contributed by atoms with Crippen LogP contribution < -0.4 is 15.9 Å². The number of aromatic hydroxyl groups is 1. The van der Waals surface area contributed by atoms with Gasteiger partial charge in [-0.3, -0.25) is 9.69 Å². The molecule has 3 aromatic rings. The zero-order valence-corrected chi connectivity index (χ0v) is 19.7. The number of benzene rings is 1. The van der Waals surface area contributed by atoms with Crippen molar-refractivity contribution < 1.29 is 24.0 Å². The third kappa shape index (κ3) is 5.16. The highest BCUT2D eigenvalue weighted by atomic mass is 79.9. The summed E-state index contributed by atoms with van der Waals surface area (Å²) in [7, 11) is 0. The van der Waals surface area contributed by atoms with Gasteiger partial charge in [0.05, 0.1) is 36.2 Å². The van der Waals surface area contributed by atoms with Gasteiger partial charge in [0.15, 0.2) is 17.2 Å². The van der Waals surface area contributed by atoms with Crippen molar-refractivity contribution in [2.45, 2.75) is 13.5 Å². The molecule has 0 unspecified atom stereocenters. The summed E-state index contributed by atoms with van der Waals surface area (Å²) in [4.78, 5) is 15.0. The number of carbonyl (C=O) groups is 1. The first kappa shape index (κ1) is 23.6. The van der Waals surface area contributed by atoms with Gasteiger partial charge in [0.1, 0.15) is 0 Å². The highest BCUT2D eigenvalue weighted by molar-refractivity contribution is 9.10. The minimum Gasteiger partial charge on any atom is -0.503 e. The Hall–Kier alpha value is -3.56. The second-order valence-electron chi connectivity index (χ2n) is 7.14. The molecule has 1 saturated heterocycles. The number of phenolic OH excluding ortho intramolecular Hbond substituents is 1. The van der Waals surface area contributed by atoms with Crippen molar-refractivity contribution in [3.05, 3.63) is 33.6 Å². The molecule has 0 radical (unpaired) electrons. The standard InChI is InChI=1S/C19H22BrN9O5/c1-2-33-14-8-11(7-12(20)16(14)30)9-22-24-19(31)15-13(10-28-3-5-32-6-4-28)29(27-23-15)18-17(21)25-34-26-18/h7-9,30H,2-6,10H2,1H3,(H2,21,25)(H,24,31). The third-order valence-corrected chi connectivity index (χ3v) is 5.49. The molecule has 1 aliphatic rings. The molecule has 1 aromatic carbocycles. The Morgan fingerprint density at radius 2 is 2.18 bits per heavy atom. The molecular weight excluding hydrogens is 514 g/mol. The van der Waals surface area contributed by atoms with Gasteiger partial charge in [-0.15, -0.1) is 5.10 Å². The van der Waals surface area contributed by atoms with Gasteiger partial charge < -0.3 is 20.3 Å². The monoisotopic (exact) mass is 535 g/mol. The lowest BCUT2D eigenvalue weighted by atomic mass is 10.2. The molecule has 180 valence electrons. The highest BCUT2D eigenvalue weighted by Gasteiger charge is 2.26. The minimum atomic E-state index is -0.580. The molecule has 0 atom stereocenters. The van der Waals surface area contributed by atoms with Gasteiger partial charge in [-0.1, -0.05) is 5.21 Å². The maximum atomic E-state index is 12.9. The molecule has 3 heterocycles. The molecule has 0 aliphatic carbocycles. The lowest BCUT2D eigenvalue weighted by Crippen LogP contribution is -2.37. The minimum absolute atomic E-state index is 0.0149. The van der Waals surface area contributed by atoms with E-state index in [9.17, 15) is 9.90 Å². The van der Waals surface area contributed by atoms with Crippen LogP contribution in [0.1, 0.15) is 28.7 Å². The number of morpholine rings is 1. The zero-order chi connectivity index (χ0) is 24.1. The number of halogens is 1. The lowest BCUT2D eigenvalue weighted by Gasteiger charge is -2.26. The van der Waals surface area contributed by atoms with E-state index in [0.29, 0.717) is 60.9 Å². The molecule has 2 aromatic heterocycles. The van der Waals surface area contributed by atoms with E-state index in [2.05, 4.69) is 56.6 Å². The summed E-state index contributed by atoms with van der Waals surface area (Å²) >= 11 is 3.27. The number of phenols is 1. The average Bonchev–Trinajstić information content (AvgIpc) is 3.43. The topological polar surface area (TPSA) is 179 Å². The van der Waals surface area contributed by atoms with Gasteiger partial charge in [-0.2, -0.15) is 9.78 Å². The number of nitrogens with two attached hydrogens (primary N) is 1. The molecular formula is C19H22BrN9O5. The van der Waals surface area contributed by atoms with Gasteiger partial charge in [0.2, 0.25) is 11.6 Å². The highest BCUT2D eigenvalue weighted by Crippen LogP contribution is 2.35. The van der Waals surface area contributed by atoms with E-state index in [1.165, 1.54) is 10.9 Å². The SMILES string of the molecule is CCOc1cc(C=NNC(=O)c2nnn(-c3nonc3N)c2CN2CCOCC2)cc(Br)c1O. The van der Waals surface area contributed by atoms with E-state index in [-0.39, 0.29) is 23.1 Å². The van der Waals surface area contributed by atoms with Crippen LogP contribution in [0, 0.1) is 0 Å². The maximum absolute atomic E-state index is 12.9. The van der Waals surface area contributed by atoms with Crippen molar-refractivity contribution in [2.75, 3.05) is 38.6 Å². The van der Waals surface area contributed by atoms with Gasteiger partial charge >= 0.3 is 0 Å². The Kier molecular flexibility index (Phi) is 7.34. The zero-order valence-electron chi connectivity index (χ0n) is 18.1. The van der Waals surface area contributed by atoms with Crippen LogP contribution in [-0.2, 0) is 11.3 Å². The first-order valence-electron chi connectivity index (χ1n) is 10.3. The van der Waals surface area contributed by atoms with Gasteiger partial charge in [0.25, 0.3) is 5.91 Å². The van der Waals surface area contributed by atoms with E-state index in [1.54, 1.807) is 19.1 Å². The fourth-order valence-corrected chi connectivity index (χ4v) is 3.71. The molecule has 1 aliphatic heterocycles. The number of anilines is 1. The first-order chi connectivity index (χ1) is 16.5. The van der Waals surface area contributed by atoms with E-state index >= 15 is 0 Å². The molecule has 4 N–H and O–H groups in total. The molecule has 0 saturated carbocycles. The van der Waals surface area contributed by atoms with Crippen molar-refractivity contribution in [3.63, 3.8) is 0 Å². The number of hydrazone groups is 1. The van der Waals surface area contributed by atoms with Crippen LogP contribution in [0.3, 0.4) is 0 Å². The van der Waals surface area contributed by atoms with E-state index < -0.39 is 5.91 Å². The fraction of sp³-hybridized carbons (Fsp3) is 0.368. The average molecular weight is 536 g/mol. The summed E-state index contributed by atoms with van der Waals surface area (Å²) in [6.07, 6.45) is 1.41. The Bertz CT molecular complexity index is 1190. The summed E-state index contributed by atoms with van der Waals surface area (Å²) < 4.78 is 17.2. The van der Waals surface area contributed by atoms with Gasteiger partial charge in [0, 0.05) is 19.6 Å². The smallest absolute Gasteiger partial charge is 0.293 e. The molecule has 4 rings (SSSR count). The second kappa shape index (κ2) is 10.6. The van der Waals surface area contributed by atoms with Crippen LogP contribution >= 0.6 is 15.9 Å². The number of nitrogens with one attached hydrogen (secondary N) is 1. The summed E-state index contributed by atoms with van der Waals surface area (Å²) in [5.41, 5.74) is 9.35. The van der Waals surface area contributed by atoms with Crippen LogP contribution in [0.2, 0.25) is 0 Å².